The van der Waals surface area contributed by atoms with E-state index in [4.69, 9.17) is 10.8 Å². The summed E-state index contributed by atoms with van der Waals surface area (Å²) in [5.74, 6) is -1.62. The minimum atomic E-state index is -1.12. The monoisotopic (exact) mass is 247 g/mol. The molecular formula is C12H10FN3O2. The first kappa shape index (κ1) is 11.8. The summed E-state index contributed by atoms with van der Waals surface area (Å²) in [6, 6.07) is 5.62. The summed E-state index contributed by atoms with van der Waals surface area (Å²) in [4.78, 5) is 14.7. The number of carboxylic acids is 1. The van der Waals surface area contributed by atoms with Gasteiger partial charge in [-0.15, -0.1) is 0 Å². The molecule has 6 heteroatoms. The number of nitrogens with one attached hydrogen (secondary N) is 1. The maximum absolute atomic E-state index is 13.0. The van der Waals surface area contributed by atoms with Crippen molar-refractivity contribution in [2.24, 2.45) is 0 Å². The Morgan fingerprint density at radius 2 is 2.11 bits per heavy atom. The molecule has 0 saturated heterocycles. The molecule has 0 bridgehead atoms. The van der Waals surface area contributed by atoms with Crippen molar-refractivity contribution >= 4 is 23.0 Å². The Hall–Kier alpha value is -2.63. The SMILES string of the molecule is Nc1ccc(Nc2cncc(F)c2)c(C(=O)O)c1. The highest BCUT2D eigenvalue weighted by Gasteiger charge is 2.10. The van der Waals surface area contributed by atoms with Gasteiger partial charge in [0.15, 0.2) is 0 Å². The number of carbonyl (C=O) groups is 1. The molecule has 18 heavy (non-hydrogen) atoms. The van der Waals surface area contributed by atoms with Gasteiger partial charge in [-0.3, -0.25) is 4.98 Å². The predicted molar refractivity (Wildman–Crippen MR) is 65.3 cm³/mol. The quantitative estimate of drug-likeness (QED) is 0.724. The molecule has 0 aliphatic carbocycles. The van der Waals surface area contributed by atoms with E-state index >= 15 is 0 Å². The second-order valence-corrected chi connectivity index (χ2v) is 3.63. The number of nitrogen functional groups attached to an aromatic ring is 1. The molecule has 92 valence electrons. The Morgan fingerprint density at radius 3 is 2.78 bits per heavy atom. The number of carboxylic acid groups (broad SMARTS) is 1. The summed E-state index contributed by atoms with van der Waals surface area (Å²) in [5.41, 5.74) is 6.56. The number of aromatic nitrogens is 1. The van der Waals surface area contributed by atoms with Gasteiger partial charge in [-0.2, -0.15) is 0 Å². The van der Waals surface area contributed by atoms with Crippen LogP contribution < -0.4 is 11.1 Å². The number of nitrogens with zero attached hydrogens (tertiary/aromatic N) is 1. The van der Waals surface area contributed by atoms with Crippen molar-refractivity contribution in [3.8, 4) is 0 Å². The Labute approximate surface area is 102 Å². The van der Waals surface area contributed by atoms with Crippen LogP contribution in [0.1, 0.15) is 10.4 Å². The van der Waals surface area contributed by atoms with E-state index < -0.39 is 11.8 Å². The summed E-state index contributed by atoms with van der Waals surface area (Å²) in [6.45, 7) is 0. The van der Waals surface area contributed by atoms with Gasteiger partial charge < -0.3 is 16.2 Å². The summed E-state index contributed by atoms with van der Waals surface area (Å²) in [7, 11) is 0. The van der Waals surface area contributed by atoms with Gasteiger partial charge in [-0.1, -0.05) is 0 Å². The molecule has 1 aromatic carbocycles. The second kappa shape index (κ2) is 4.70. The Kier molecular flexibility index (Phi) is 3.09. The first-order chi connectivity index (χ1) is 8.56. The number of hydrogen-bond donors (Lipinski definition) is 3. The number of pyridine rings is 1. The maximum atomic E-state index is 13.0. The van der Waals surface area contributed by atoms with Gasteiger partial charge >= 0.3 is 5.97 Å². The highest BCUT2D eigenvalue weighted by atomic mass is 19.1. The Morgan fingerprint density at radius 1 is 1.33 bits per heavy atom. The van der Waals surface area contributed by atoms with Crippen LogP contribution in [-0.4, -0.2) is 16.1 Å². The smallest absolute Gasteiger partial charge is 0.337 e. The van der Waals surface area contributed by atoms with Crippen molar-refractivity contribution in [3.05, 3.63) is 48.0 Å². The van der Waals surface area contributed by atoms with Gasteiger partial charge in [0.2, 0.25) is 0 Å². The molecule has 2 rings (SSSR count). The second-order valence-electron chi connectivity index (χ2n) is 3.63. The third kappa shape index (κ3) is 2.54. The lowest BCUT2D eigenvalue weighted by atomic mass is 10.1. The Bertz CT molecular complexity index is 602. The van der Waals surface area contributed by atoms with Gasteiger partial charge in [0, 0.05) is 11.8 Å². The molecule has 1 aromatic heterocycles. The highest BCUT2D eigenvalue weighted by molar-refractivity contribution is 5.96. The molecule has 4 N–H and O–H groups in total. The lowest BCUT2D eigenvalue weighted by molar-refractivity contribution is 0.0698. The van der Waals surface area contributed by atoms with Gasteiger partial charge in [0.1, 0.15) is 5.82 Å². The number of halogens is 1. The van der Waals surface area contributed by atoms with Crippen LogP contribution in [0.2, 0.25) is 0 Å². The molecule has 2 aromatic rings. The van der Waals surface area contributed by atoms with Crippen LogP contribution in [0.5, 0.6) is 0 Å². The molecule has 0 aliphatic heterocycles. The average Bonchev–Trinajstić information content (AvgIpc) is 2.31. The lowest BCUT2D eigenvalue weighted by Crippen LogP contribution is -2.04. The first-order valence-electron chi connectivity index (χ1n) is 5.06. The fourth-order valence-corrected chi connectivity index (χ4v) is 1.48. The molecule has 0 saturated carbocycles. The van der Waals surface area contributed by atoms with Crippen molar-refractivity contribution < 1.29 is 14.3 Å². The fourth-order valence-electron chi connectivity index (χ4n) is 1.48. The number of hydrogen-bond acceptors (Lipinski definition) is 4. The molecular weight excluding hydrogens is 237 g/mol. The van der Waals surface area contributed by atoms with Crippen LogP contribution in [0.15, 0.2) is 36.7 Å². The van der Waals surface area contributed by atoms with Crippen LogP contribution >= 0.6 is 0 Å². The van der Waals surface area contributed by atoms with Crippen LogP contribution in [-0.2, 0) is 0 Å². The van der Waals surface area contributed by atoms with E-state index in [1.807, 2.05) is 0 Å². The summed E-state index contributed by atoms with van der Waals surface area (Å²) in [6.07, 6.45) is 2.46. The number of anilines is 3. The third-order valence-corrected chi connectivity index (χ3v) is 2.26. The average molecular weight is 247 g/mol. The van der Waals surface area contributed by atoms with E-state index in [1.165, 1.54) is 24.4 Å². The van der Waals surface area contributed by atoms with Crippen molar-refractivity contribution in [2.75, 3.05) is 11.1 Å². The molecule has 0 atom stereocenters. The fraction of sp³-hybridized carbons (Fsp3) is 0. The molecule has 0 amide bonds. The summed E-state index contributed by atoms with van der Waals surface area (Å²) >= 11 is 0. The van der Waals surface area contributed by atoms with Crippen LogP contribution in [0.4, 0.5) is 21.5 Å². The number of benzene rings is 1. The lowest BCUT2D eigenvalue weighted by Gasteiger charge is -2.09. The predicted octanol–water partition coefficient (Wildman–Crippen LogP) is 2.24. The Balaban J connectivity index is 2.37. The van der Waals surface area contributed by atoms with E-state index in [0.29, 0.717) is 17.1 Å². The molecule has 1 heterocycles. The summed E-state index contributed by atoms with van der Waals surface area (Å²) in [5, 5.41) is 11.8. The minimum absolute atomic E-state index is 0.0132. The number of rotatable bonds is 3. The molecule has 5 nitrogen and oxygen atoms in total. The number of aromatic carboxylic acids is 1. The molecule has 0 spiro atoms. The molecule has 0 radical (unpaired) electrons. The van der Waals surface area contributed by atoms with Crippen LogP contribution in [0.3, 0.4) is 0 Å². The van der Waals surface area contributed by atoms with E-state index in [-0.39, 0.29) is 5.56 Å². The van der Waals surface area contributed by atoms with Gasteiger partial charge in [-0.25, -0.2) is 9.18 Å². The molecule has 0 unspecified atom stereocenters. The third-order valence-electron chi connectivity index (χ3n) is 2.26. The normalized spacial score (nSPS) is 10.1. The zero-order valence-corrected chi connectivity index (χ0v) is 9.22. The van der Waals surface area contributed by atoms with Gasteiger partial charge in [-0.05, 0) is 18.2 Å². The topological polar surface area (TPSA) is 88.2 Å². The van der Waals surface area contributed by atoms with Crippen molar-refractivity contribution in [1.29, 1.82) is 0 Å². The van der Waals surface area contributed by atoms with Crippen molar-refractivity contribution in [3.63, 3.8) is 0 Å². The summed E-state index contributed by atoms with van der Waals surface area (Å²) < 4.78 is 13.0. The van der Waals surface area contributed by atoms with Crippen molar-refractivity contribution in [1.82, 2.24) is 4.98 Å². The molecule has 0 fully saturated rings. The number of nitrogens with two attached hydrogens (primary N) is 1. The van der Waals surface area contributed by atoms with Crippen LogP contribution in [0, 0.1) is 5.82 Å². The van der Waals surface area contributed by atoms with E-state index in [9.17, 15) is 9.18 Å². The zero-order valence-electron chi connectivity index (χ0n) is 9.22. The van der Waals surface area contributed by atoms with Gasteiger partial charge in [0.05, 0.1) is 29.3 Å². The standard InChI is InChI=1S/C12H10FN3O2/c13-7-3-9(6-15-5-7)16-11-2-1-8(14)4-10(11)12(17)18/h1-6,16H,14H2,(H,17,18). The minimum Gasteiger partial charge on any atom is -0.478 e. The zero-order chi connectivity index (χ0) is 13.1. The van der Waals surface area contributed by atoms with Crippen molar-refractivity contribution in [2.45, 2.75) is 0 Å². The molecule has 0 aliphatic rings. The van der Waals surface area contributed by atoms with E-state index in [0.717, 1.165) is 6.20 Å². The van der Waals surface area contributed by atoms with E-state index in [1.54, 1.807) is 6.07 Å². The largest absolute Gasteiger partial charge is 0.478 e. The van der Waals surface area contributed by atoms with E-state index in [2.05, 4.69) is 10.3 Å². The maximum Gasteiger partial charge on any atom is 0.337 e. The highest BCUT2D eigenvalue weighted by Crippen LogP contribution is 2.23. The first-order valence-corrected chi connectivity index (χ1v) is 5.06. The van der Waals surface area contributed by atoms with Crippen LogP contribution in [0.25, 0.3) is 0 Å². The van der Waals surface area contributed by atoms with Gasteiger partial charge in [0.25, 0.3) is 0 Å².